The first kappa shape index (κ1) is 13.1. The summed E-state index contributed by atoms with van der Waals surface area (Å²) >= 11 is 1.67. The van der Waals surface area contributed by atoms with Gasteiger partial charge in [-0.1, -0.05) is 29.5 Å². The first-order chi connectivity index (χ1) is 9.70. The average molecular weight is 286 g/mol. The maximum absolute atomic E-state index is 12.8. The van der Waals surface area contributed by atoms with Crippen molar-refractivity contribution in [1.29, 1.82) is 0 Å². The van der Waals surface area contributed by atoms with Gasteiger partial charge < -0.3 is 5.32 Å². The number of rotatable bonds is 4. The Morgan fingerprint density at radius 3 is 2.75 bits per heavy atom. The largest absolute Gasteiger partial charge is 0.361 e. The molecule has 0 bridgehead atoms. The van der Waals surface area contributed by atoms with E-state index in [1.165, 1.54) is 22.4 Å². The summed E-state index contributed by atoms with van der Waals surface area (Å²) < 4.78 is 14.0. The molecule has 0 radical (unpaired) electrons. The highest BCUT2D eigenvalue weighted by Gasteiger charge is 2.03. The van der Waals surface area contributed by atoms with E-state index in [1.54, 1.807) is 11.3 Å². The normalized spacial score (nSPS) is 10.9. The van der Waals surface area contributed by atoms with E-state index < -0.39 is 0 Å². The Kier molecular flexibility index (Phi) is 3.65. The van der Waals surface area contributed by atoms with Crippen LogP contribution in [0, 0.1) is 12.7 Å². The summed E-state index contributed by atoms with van der Waals surface area (Å²) in [5.41, 5.74) is 3.40. The van der Waals surface area contributed by atoms with E-state index in [9.17, 15) is 4.39 Å². The molecule has 0 saturated heterocycles. The van der Waals surface area contributed by atoms with Gasteiger partial charge in [0, 0.05) is 6.54 Å². The third-order valence-corrected chi connectivity index (χ3v) is 4.12. The van der Waals surface area contributed by atoms with Crippen LogP contribution in [-0.4, -0.2) is 11.5 Å². The summed E-state index contributed by atoms with van der Waals surface area (Å²) in [7, 11) is 0. The van der Waals surface area contributed by atoms with Gasteiger partial charge in [-0.25, -0.2) is 9.37 Å². The van der Waals surface area contributed by atoms with Crippen molar-refractivity contribution in [3.8, 4) is 0 Å². The van der Waals surface area contributed by atoms with Gasteiger partial charge in [-0.3, -0.25) is 0 Å². The van der Waals surface area contributed by atoms with Gasteiger partial charge in [0.1, 0.15) is 5.82 Å². The van der Waals surface area contributed by atoms with Crippen LogP contribution in [0.3, 0.4) is 0 Å². The van der Waals surface area contributed by atoms with Crippen LogP contribution in [0.5, 0.6) is 0 Å². The molecular formula is C16H15FN2S. The van der Waals surface area contributed by atoms with Crippen LogP contribution in [0.15, 0.2) is 42.5 Å². The molecule has 3 aromatic rings. The second kappa shape index (κ2) is 5.59. The van der Waals surface area contributed by atoms with E-state index in [4.69, 9.17) is 0 Å². The summed E-state index contributed by atoms with van der Waals surface area (Å²) in [5.74, 6) is -0.191. The van der Waals surface area contributed by atoms with Crippen molar-refractivity contribution in [3.63, 3.8) is 0 Å². The minimum atomic E-state index is -0.191. The second-order valence-electron chi connectivity index (χ2n) is 4.79. The van der Waals surface area contributed by atoms with Crippen molar-refractivity contribution in [2.24, 2.45) is 0 Å². The molecule has 3 rings (SSSR count). The number of aryl methyl sites for hydroxylation is 1. The fraction of sp³-hybridized carbons (Fsp3) is 0.188. The molecule has 0 fully saturated rings. The maximum atomic E-state index is 12.8. The molecule has 4 heteroatoms. The highest BCUT2D eigenvalue weighted by Crippen LogP contribution is 2.26. The maximum Gasteiger partial charge on any atom is 0.183 e. The zero-order valence-electron chi connectivity index (χ0n) is 11.2. The third kappa shape index (κ3) is 2.96. The zero-order chi connectivity index (χ0) is 13.9. The number of halogens is 1. The van der Waals surface area contributed by atoms with Crippen molar-refractivity contribution in [2.75, 3.05) is 11.9 Å². The van der Waals surface area contributed by atoms with Crippen molar-refractivity contribution < 1.29 is 4.39 Å². The molecule has 1 aromatic heterocycles. The topological polar surface area (TPSA) is 24.9 Å². The zero-order valence-corrected chi connectivity index (χ0v) is 12.0. The Hall–Kier alpha value is -1.94. The number of hydrogen-bond acceptors (Lipinski definition) is 3. The molecule has 20 heavy (non-hydrogen) atoms. The highest BCUT2D eigenvalue weighted by molar-refractivity contribution is 7.22. The Morgan fingerprint density at radius 1 is 1.15 bits per heavy atom. The minimum absolute atomic E-state index is 0.191. The van der Waals surface area contributed by atoms with E-state index in [0.29, 0.717) is 0 Å². The number of nitrogens with zero attached hydrogens (tertiary/aromatic N) is 1. The van der Waals surface area contributed by atoms with Gasteiger partial charge in [-0.05, 0) is 48.7 Å². The number of anilines is 1. The molecular weight excluding hydrogens is 271 g/mol. The summed E-state index contributed by atoms with van der Waals surface area (Å²) in [6, 6.07) is 12.9. The average Bonchev–Trinajstić information content (AvgIpc) is 2.83. The molecule has 1 N–H and O–H groups in total. The number of benzene rings is 2. The SMILES string of the molecule is Cc1ccc2nc(NCCc3ccc(F)cc3)sc2c1. The van der Waals surface area contributed by atoms with E-state index in [2.05, 4.69) is 29.4 Å². The number of thiazole rings is 1. The molecule has 0 saturated carbocycles. The molecule has 0 aliphatic heterocycles. The van der Waals surface area contributed by atoms with Gasteiger partial charge in [-0.2, -0.15) is 0 Å². The van der Waals surface area contributed by atoms with Crippen LogP contribution in [0.2, 0.25) is 0 Å². The Labute approximate surface area is 121 Å². The molecule has 2 nitrogen and oxygen atoms in total. The van der Waals surface area contributed by atoms with E-state index >= 15 is 0 Å². The van der Waals surface area contributed by atoms with Crippen LogP contribution in [0.25, 0.3) is 10.2 Å². The standard InChI is InChI=1S/C16H15FN2S/c1-11-2-7-14-15(10-11)20-16(19-14)18-9-8-12-3-5-13(17)6-4-12/h2-7,10H,8-9H2,1H3,(H,18,19). The number of aromatic nitrogens is 1. The molecule has 1 heterocycles. The quantitative estimate of drug-likeness (QED) is 0.769. The van der Waals surface area contributed by atoms with Crippen LogP contribution in [0.4, 0.5) is 9.52 Å². The van der Waals surface area contributed by atoms with Crippen LogP contribution >= 0.6 is 11.3 Å². The van der Waals surface area contributed by atoms with Crippen molar-refractivity contribution >= 4 is 26.7 Å². The minimum Gasteiger partial charge on any atom is -0.361 e. The Bertz CT molecular complexity index is 719. The first-order valence-electron chi connectivity index (χ1n) is 6.56. The molecule has 0 amide bonds. The van der Waals surface area contributed by atoms with Crippen LogP contribution in [-0.2, 0) is 6.42 Å². The van der Waals surface area contributed by atoms with Crippen molar-refractivity contribution in [1.82, 2.24) is 4.98 Å². The molecule has 0 unspecified atom stereocenters. The van der Waals surface area contributed by atoms with Gasteiger partial charge in [0.05, 0.1) is 10.2 Å². The predicted molar refractivity (Wildman–Crippen MR) is 83.0 cm³/mol. The fourth-order valence-corrected chi connectivity index (χ4v) is 3.06. The van der Waals surface area contributed by atoms with E-state index in [0.717, 1.165) is 29.2 Å². The van der Waals surface area contributed by atoms with Crippen molar-refractivity contribution in [2.45, 2.75) is 13.3 Å². The summed E-state index contributed by atoms with van der Waals surface area (Å²) in [6.07, 6.45) is 0.856. The molecule has 0 aliphatic carbocycles. The first-order valence-corrected chi connectivity index (χ1v) is 7.38. The molecule has 0 spiro atoms. The molecule has 102 valence electrons. The van der Waals surface area contributed by atoms with Gasteiger partial charge in [-0.15, -0.1) is 0 Å². The van der Waals surface area contributed by atoms with E-state index in [-0.39, 0.29) is 5.82 Å². The fourth-order valence-electron chi connectivity index (χ4n) is 2.07. The lowest BCUT2D eigenvalue weighted by molar-refractivity contribution is 0.627. The smallest absolute Gasteiger partial charge is 0.183 e. The molecule has 0 aliphatic rings. The lowest BCUT2D eigenvalue weighted by atomic mass is 10.1. The lowest BCUT2D eigenvalue weighted by Crippen LogP contribution is -2.04. The number of fused-ring (bicyclic) bond motifs is 1. The Balaban J connectivity index is 1.63. The second-order valence-corrected chi connectivity index (χ2v) is 5.82. The Morgan fingerprint density at radius 2 is 1.95 bits per heavy atom. The number of nitrogens with one attached hydrogen (secondary N) is 1. The van der Waals surface area contributed by atoms with Crippen LogP contribution < -0.4 is 5.32 Å². The van der Waals surface area contributed by atoms with Gasteiger partial charge in [0.15, 0.2) is 5.13 Å². The summed E-state index contributed by atoms with van der Waals surface area (Å²) in [5, 5.41) is 4.27. The van der Waals surface area contributed by atoms with Crippen molar-refractivity contribution in [3.05, 3.63) is 59.4 Å². The molecule has 0 atom stereocenters. The van der Waals surface area contributed by atoms with Gasteiger partial charge in [0.25, 0.3) is 0 Å². The monoisotopic (exact) mass is 286 g/mol. The van der Waals surface area contributed by atoms with Crippen LogP contribution in [0.1, 0.15) is 11.1 Å². The number of hydrogen-bond donors (Lipinski definition) is 1. The van der Waals surface area contributed by atoms with Gasteiger partial charge in [0.2, 0.25) is 0 Å². The van der Waals surface area contributed by atoms with Gasteiger partial charge >= 0.3 is 0 Å². The predicted octanol–water partition coefficient (Wildman–Crippen LogP) is 4.40. The lowest BCUT2D eigenvalue weighted by Gasteiger charge is -2.02. The summed E-state index contributed by atoms with van der Waals surface area (Å²) in [6.45, 7) is 2.88. The summed E-state index contributed by atoms with van der Waals surface area (Å²) in [4.78, 5) is 4.55. The highest BCUT2D eigenvalue weighted by atomic mass is 32.1. The van der Waals surface area contributed by atoms with E-state index in [1.807, 2.05) is 18.2 Å². The third-order valence-electron chi connectivity index (χ3n) is 3.15. The molecule has 2 aromatic carbocycles.